The molecule has 1 aromatic heterocycles. The summed E-state index contributed by atoms with van der Waals surface area (Å²) in [5.74, 6) is -1.71. The zero-order chi connectivity index (χ0) is 24.9. The average molecular weight is 489 g/mol. The van der Waals surface area contributed by atoms with Gasteiger partial charge in [-0.1, -0.05) is 55.3 Å². The monoisotopic (exact) mass is 488 g/mol. The topological polar surface area (TPSA) is 59.5 Å². The van der Waals surface area contributed by atoms with E-state index in [1.807, 2.05) is 31.2 Å². The van der Waals surface area contributed by atoms with Crippen molar-refractivity contribution in [2.75, 3.05) is 4.90 Å². The van der Waals surface area contributed by atoms with Crippen LogP contribution in [0.25, 0.3) is 22.2 Å². The summed E-state index contributed by atoms with van der Waals surface area (Å²) < 4.78 is 19.6. The summed E-state index contributed by atoms with van der Waals surface area (Å²) in [5, 5.41) is 1.01. The summed E-state index contributed by atoms with van der Waals surface area (Å²) in [6.07, 6.45) is -1.08. The number of anilines is 1. The Kier molecular flexibility index (Phi) is 5.77. The third kappa shape index (κ3) is 4.04. The normalized spacial score (nSPS) is 15.1. The Balaban J connectivity index is 1.83. The van der Waals surface area contributed by atoms with Crippen molar-refractivity contribution in [3.8, 4) is 11.3 Å². The number of fused-ring (bicyclic) bond motifs is 3. The Hall–Kier alpha value is -3.77. The molecule has 0 bridgehead atoms. The van der Waals surface area contributed by atoms with Gasteiger partial charge in [0.1, 0.15) is 5.82 Å². The molecule has 0 fully saturated rings. The Morgan fingerprint density at radius 1 is 1.06 bits per heavy atom. The van der Waals surface area contributed by atoms with Gasteiger partial charge in [0.05, 0.1) is 28.3 Å². The van der Waals surface area contributed by atoms with Gasteiger partial charge in [-0.05, 0) is 49.4 Å². The van der Waals surface area contributed by atoms with E-state index in [0.717, 1.165) is 11.1 Å². The number of hydrogen-bond acceptors (Lipinski definition) is 4. The van der Waals surface area contributed by atoms with E-state index in [0.29, 0.717) is 38.4 Å². The minimum absolute atomic E-state index is 0.360. The molecular weight excluding hydrogens is 467 g/mol. The molecule has 0 aliphatic carbocycles. The molecule has 1 aliphatic heterocycles. The number of pyridine rings is 1. The molecule has 0 spiro atoms. The number of carbonyl (C=O) groups is 2. The molecule has 0 saturated carbocycles. The lowest BCUT2D eigenvalue weighted by Crippen LogP contribution is -2.32. The number of amides is 1. The standard InChI is InChI=1S/C28H22ClFN2O3/c1-15(2)28(34)35-27-24-23(26(33)32(27)20-11-9-19(30)10-12-20)21-14-18(29)8-13-22(21)31-25(24)17-6-4-16(3)5-7-17/h4-15,27H,1-3H3. The molecule has 1 unspecified atom stereocenters. The summed E-state index contributed by atoms with van der Waals surface area (Å²) in [5.41, 5.74) is 4.22. The lowest BCUT2D eigenvalue weighted by atomic mass is 9.97. The highest BCUT2D eigenvalue weighted by molar-refractivity contribution is 6.32. The van der Waals surface area contributed by atoms with Crippen LogP contribution in [0.15, 0.2) is 66.7 Å². The molecule has 2 heterocycles. The van der Waals surface area contributed by atoms with Crippen molar-refractivity contribution >= 4 is 40.1 Å². The van der Waals surface area contributed by atoms with Gasteiger partial charge in [-0.15, -0.1) is 0 Å². The van der Waals surface area contributed by atoms with Crippen molar-refractivity contribution in [1.29, 1.82) is 0 Å². The molecule has 1 atom stereocenters. The number of halogens is 2. The SMILES string of the molecule is Cc1ccc(-c2nc3ccc(Cl)cc3c3c2C(OC(=O)C(C)C)N(c2ccc(F)cc2)C3=O)cc1. The van der Waals surface area contributed by atoms with Gasteiger partial charge in [0.15, 0.2) is 0 Å². The van der Waals surface area contributed by atoms with Crippen molar-refractivity contribution in [2.45, 2.75) is 27.0 Å². The smallest absolute Gasteiger partial charge is 0.310 e. The molecule has 35 heavy (non-hydrogen) atoms. The van der Waals surface area contributed by atoms with Gasteiger partial charge in [-0.2, -0.15) is 0 Å². The molecule has 5 rings (SSSR count). The van der Waals surface area contributed by atoms with Crippen LogP contribution in [0.5, 0.6) is 0 Å². The van der Waals surface area contributed by atoms with E-state index in [4.69, 9.17) is 21.3 Å². The predicted molar refractivity (Wildman–Crippen MR) is 134 cm³/mol. The molecular formula is C28H22ClFN2O3. The Morgan fingerprint density at radius 2 is 1.74 bits per heavy atom. The molecule has 0 N–H and O–H groups in total. The van der Waals surface area contributed by atoms with Crippen LogP contribution >= 0.6 is 11.6 Å². The molecule has 1 aliphatic rings. The van der Waals surface area contributed by atoms with Crippen molar-refractivity contribution in [1.82, 2.24) is 4.98 Å². The Bertz CT molecular complexity index is 1470. The van der Waals surface area contributed by atoms with Crippen molar-refractivity contribution in [3.63, 3.8) is 0 Å². The summed E-state index contributed by atoms with van der Waals surface area (Å²) in [6, 6.07) is 18.4. The fourth-order valence-electron chi connectivity index (χ4n) is 4.22. The number of benzene rings is 3. The highest BCUT2D eigenvalue weighted by atomic mass is 35.5. The quantitative estimate of drug-likeness (QED) is 0.294. The van der Waals surface area contributed by atoms with E-state index < -0.39 is 23.9 Å². The van der Waals surface area contributed by atoms with Crippen molar-refractivity contribution in [3.05, 3.63) is 94.3 Å². The van der Waals surface area contributed by atoms with Gasteiger partial charge in [-0.3, -0.25) is 14.5 Å². The first-order valence-corrected chi connectivity index (χ1v) is 11.6. The zero-order valence-corrected chi connectivity index (χ0v) is 20.1. The maximum atomic E-state index is 14.0. The molecule has 3 aromatic carbocycles. The first kappa shape index (κ1) is 23.0. The van der Waals surface area contributed by atoms with Crippen LogP contribution in [0.1, 0.15) is 41.6 Å². The van der Waals surface area contributed by atoms with Crippen LogP contribution in [0.4, 0.5) is 10.1 Å². The number of ether oxygens (including phenoxy) is 1. The highest BCUT2D eigenvalue weighted by Gasteiger charge is 2.44. The summed E-state index contributed by atoms with van der Waals surface area (Å²) in [4.78, 5) is 33.0. The second kappa shape index (κ2) is 8.78. The van der Waals surface area contributed by atoms with Gasteiger partial charge in [0, 0.05) is 21.7 Å². The van der Waals surface area contributed by atoms with E-state index in [1.54, 1.807) is 32.0 Å². The summed E-state index contributed by atoms with van der Waals surface area (Å²) in [7, 11) is 0. The first-order chi connectivity index (χ1) is 16.7. The summed E-state index contributed by atoms with van der Waals surface area (Å²) >= 11 is 6.30. The van der Waals surface area contributed by atoms with Crippen molar-refractivity contribution < 1.29 is 18.7 Å². The third-order valence-electron chi connectivity index (χ3n) is 6.03. The van der Waals surface area contributed by atoms with Gasteiger partial charge in [0.25, 0.3) is 5.91 Å². The van der Waals surface area contributed by atoms with Crippen LogP contribution in [-0.4, -0.2) is 16.9 Å². The first-order valence-electron chi connectivity index (χ1n) is 11.2. The number of aromatic nitrogens is 1. The molecule has 1 amide bonds. The van der Waals surface area contributed by atoms with Crippen LogP contribution in [0, 0.1) is 18.7 Å². The highest BCUT2D eigenvalue weighted by Crippen LogP contribution is 2.46. The van der Waals surface area contributed by atoms with Gasteiger partial charge in [0.2, 0.25) is 6.23 Å². The molecule has 0 radical (unpaired) electrons. The molecule has 0 saturated heterocycles. The Labute approximate surface area is 207 Å². The molecule has 4 aromatic rings. The number of hydrogen-bond donors (Lipinski definition) is 0. The number of esters is 1. The zero-order valence-electron chi connectivity index (χ0n) is 19.4. The molecule has 176 valence electrons. The fraction of sp³-hybridized carbons (Fsp3) is 0.179. The molecule has 7 heteroatoms. The predicted octanol–water partition coefficient (Wildman–Crippen LogP) is 6.86. The summed E-state index contributed by atoms with van der Waals surface area (Å²) in [6.45, 7) is 5.43. The second-order valence-corrected chi connectivity index (χ2v) is 9.31. The number of nitrogens with zero attached hydrogens (tertiary/aromatic N) is 2. The lowest BCUT2D eigenvalue weighted by Gasteiger charge is -2.26. The van der Waals surface area contributed by atoms with Gasteiger partial charge < -0.3 is 4.74 Å². The minimum atomic E-state index is -1.08. The van der Waals surface area contributed by atoms with Gasteiger partial charge in [-0.25, -0.2) is 9.37 Å². The maximum Gasteiger partial charge on any atom is 0.310 e. The average Bonchev–Trinajstić information content (AvgIpc) is 3.12. The largest absolute Gasteiger partial charge is 0.436 e. The Morgan fingerprint density at radius 3 is 2.40 bits per heavy atom. The van der Waals surface area contributed by atoms with Crippen LogP contribution in [-0.2, 0) is 9.53 Å². The maximum absolute atomic E-state index is 14.0. The third-order valence-corrected chi connectivity index (χ3v) is 6.26. The number of carbonyl (C=O) groups excluding carboxylic acids is 2. The van der Waals surface area contributed by atoms with E-state index in [-0.39, 0.29) is 5.91 Å². The van der Waals surface area contributed by atoms with E-state index in [1.165, 1.54) is 29.2 Å². The van der Waals surface area contributed by atoms with Crippen LogP contribution in [0.2, 0.25) is 5.02 Å². The minimum Gasteiger partial charge on any atom is -0.436 e. The number of aryl methyl sites for hydroxylation is 1. The van der Waals surface area contributed by atoms with Gasteiger partial charge >= 0.3 is 5.97 Å². The second-order valence-electron chi connectivity index (χ2n) is 8.87. The van der Waals surface area contributed by atoms with E-state index in [9.17, 15) is 14.0 Å². The fourth-order valence-corrected chi connectivity index (χ4v) is 4.39. The van der Waals surface area contributed by atoms with Crippen LogP contribution in [0.3, 0.4) is 0 Å². The lowest BCUT2D eigenvalue weighted by molar-refractivity contribution is -0.152. The number of rotatable bonds is 4. The van der Waals surface area contributed by atoms with E-state index >= 15 is 0 Å². The van der Waals surface area contributed by atoms with Crippen molar-refractivity contribution in [2.24, 2.45) is 5.92 Å². The van der Waals surface area contributed by atoms with Crippen LogP contribution < -0.4 is 4.90 Å². The molecule has 5 nitrogen and oxygen atoms in total. The van der Waals surface area contributed by atoms with E-state index in [2.05, 4.69) is 0 Å².